The maximum absolute atomic E-state index is 13.4. The summed E-state index contributed by atoms with van der Waals surface area (Å²) in [6.07, 6.45) is 3.62. The molecule has 39 heavy (non-hydrogen) atoms. The standard InChI is InChI=1S/C31H31ClN4O3/c1-21-10-15-26(17-22(21)2)36-19-28(23-11-13-25(32)14-12-23)33-31(36)34-29(37)20-35(18-27-9-6-16-39-27)30(38)24-7-4-3-5-8-24/h3-5,7-8,10-15,17,19,27H,6,9,16,18,20H2,1-2H3,(H,33,34,37). The first-order chi connectivity index (χ1) is 18.9. The van der Waals surface area contributed by atoms with Crippen LogP contribution < -0.4 is 5.32 Å². The third-order valence-electron chi connectivity index (χ3n) is 6.96. The van der Waals surface area contributed by atoms with Gasteiger partial charge in [0.2, 0.25) is 11.9 Å². The fourth-order valence-corrected chi connectivity index (χ4v) is 4.78. The van der Waals surface area contributed by atoms with Crippen molar-refractivity contribution < 1.29 is 14.3 Å². The summed E-state index contributed by atoms with van der Waals surface area (Å²) in [4.78, 5) is 33.1. The number of carbonyl (C=O) groups excluding carboxylic acids is 2. The molecule has 0 spiro atoms. The van der Waals surface area contributed by atoms with Crippen molar-refractivity contribution in [2.24, 2.45) is 0 Å². The Labute approximate surface area is 233 Å². The Morgan fingerprint density at radius 3 is 2.51 bits per heavy atom. The molecule has 0 aliphatic carbocycles. The van der Waals surface area contributed by atoms with Crippen LogP contribution in [0.4, 0.5) is 5.95 Å². The van der Waals surface area contributed by atoms with E-state index in [4.69, 9.17) is 21.3 Å². The second kappa shape index (κ2) is 11.8. The molecule has 0 saturated carbocycles. The Morgan fingerprint density at radius 2 is 1.82 bits per heavy atom. The molecule has 0 bridgehead atoms. The molecule has 3 aromatic carbocycles. The van der Waals surface area contributed by atoms with Gasteiger partial charge in [-0.25, -0.2) is 4.98 Å². The predicted molar refractivity (Wildman–Crippen MR) is 153 cm³/mol. The quantitative estimate of drug-likeness (QED) is 0.293. The molecule has 7 nitrogen and oxygen atoms in total. The number of aromatic nitrogens is 2. The number of hydrogen-bond acceptors (Lipinski definition) is 4. The minimum atomic E-state index is -0.337. The van der Waals surface area contributed by atoms with E-state index in [0.717, 1.165) is 29.7 Å². The van der Waals surface area contributed by atoms with Crippen LogP contribution in [0.5, 0.6) is 0 Å². The molecule has 8 heteroatoms. The first-order valence-corrected chi connectivity index (χ1v) is 13.4. The molecular formula is C31H31ClN4O3. The first-order valence-electron chi connectivity index (χ1n) is 13.1. The molecule has 2 amide bonds. The lowest BCUT2D eigenvalue weighted by atomic mass is 10.1. The highest BCUT2D eigenvalue weighted by Crippen LogP contribution is 2.26. The molecule has 1 atom stereocenters. The lowest BCUT2D eigenvalue weighted by Gasteiger charge is -2.25. The number of benzene rings is 3. The summed E-state index contributed by atoms with van der Waals surface area (Å²) in [6, 6.07) is 22.5. The number of nitrogens with one attached hydrogen (secondary N) is 1. The normalized spacial score (nSPS) is 14.8. The van der Waals surface area contributed by atoms with Gasteiger partial charge in [-0.15, -0.1) is 0 Å². The van der Waals surface area contributed by atoms with Crippen molar-refractivity contribution in [3.05, 3.63) is 101 Å². The topological polar surface area (TPSA) is 76.5 Å². The van der Waals surface area contributed by atoms with Gasteiger partial charge in [0, 0.05) is 41.2 Å². The van der Waals surface area contributed by atoms with Gasteiger partial charge in [0.1, 0.15) is 6.54 Å². The third-order valence-corrected chi connectivity index (χ3v) is 7.21. The fourth-order valence-electron chi connectivity index (χ4n) is 4.65. The summed E-state index contributed by atoms with van der Waals surface area (Å²) in [7, 11) is 0. The van der Waals surface area contributed by atoms with Crippen LogP contribution in [0.1, 0.15) is 34.3 Å². The second-order valence-corrected chi connectivity index (χ2v) is 10.3. The van der Waals surface area contributed by atoms with E-state index >= 15 is 0 Å². The molecule has 2 heterocycles. The third kappa shape index (κ3) is 6.38. The number of nitrogens with zero attached hydrogens (tertiary/aromatic N) is 3. The molecular weight excluding hydrogens is 512 g/mol. The van der Waals surface area contributed by atoms with Gasteiger partial charge >= 0.3 is 0 Å². The summed E-state index contributed by atoms with van der Waals surface area (Å²) in [5.74, 6) is -0.173. The van der Waals surface area contributed by atoms with Crippen LogP contribution in [0.15, 0.2) is 79.0 Å². The van der Waals surface area contributed by atoms with Crippen molar-refractivity contribution in [1.82, 2.24) is 14.5 Å². The highest BCUT2D eigenvalue weighted by atomic mass is 35.5. The molecule has 1 aromatic heterocycles. The summed E-state index contributed by atoms with van der Waals surface area (Å²) < 4.78 is 7.64. The van der Waals surface area contributed by atoms with Crippen molar-refractivity contribution in [1.29, 1.82) is 0 Å². The molecule has 1 aliphatic rings. The number of amides is 2. The van der Waals surface area contributed by atoms with Crippen LogP contribution >= 0.6 is 11.6 Å². The van der Waals surface area contributed by atoms with Gasteiger partial charge in [0.15, 0.2) is 0 Å². The van der Waals surface area contributed by atoms with Crippen LogP contribution in [0.3, 0.4) is 0 Å². The number of aryl methyl sites for hydroxylation is 2. The van der Waals surface area contributed by atoms with Gasteiger partial charge in [0.25, 0.3) is 5.91 Å². The lowest BCUT2D eigenvalue weighted by molar-refractivity contribution is -0.117. The molecule has 1 fully saturated rings. The summed E-state index contributed by atoms with van der Waals surface area (Å²) in [5, 5.41) is 3.59. The van der Waals surface area contributed by atoms with Gasteiger partial charge in [-0.2, -0.15) is 0 Å². The average Bonchev–Trinajstić information content (AvgIpc) is 3.61. The Balaban J connectivity index is 1.43. The molecule has 1 aliphatic heterocycles. The van der Waals surface area contributed by atoms with Crippen molar-refractivity contribution >= 4 is 29.4 Å². The molecule has 4 aromatic rings. The molecule has 200 valence electrons. The zero-order valence-electron chi connectivity index (χ0n) is 22.1. The van der Waals surface area contributed by atoms with Crippen LogP contribution in [-0.4, -0.2) is 52.1 Å². The number of carbonyl (C=O) groups is 2. The molecule has 5 rings (SSSR count). The van der Waals surface area contributed by atoms with Gasteiger partial charge in [0.05, 0.1) is 11.8 Å². The van der Waals surface area contributed by atoms with Gasteiger partial charge < -0.3 is 9.64 Å². The number of ether oxygens (including phenoxy) is 1. The van der Waals surface area contributed by atoms with Crippen LogP contribution in [-0.2, 0) is 9.53 Å². The van der Waals surface area contributed by atoms with Crippen molar-refractivity contribution in [2.45, 2.75) is 32.8 Å². The Hall–Kier alpha value is -3.94. The van der Waals surface area contributed by atoms with Gasteiger partial charge in [-0.1, -0.05) is 48.0 Å². The maximum atomic E-state index is 13.4. The van der Waals surface area contributed by atoms with E-state index in [2.05, 4.69) is 18.3 Å². The van der Waals surface area contributed by atoms with Gasteiger partial charge in [-0.3, -0.25) is 19.5 Å². The van der Waals surface area contributed by atoms with E-state index in [0.29, 0.717) is 35.4 Å². The van der Waals surface area contributed by atoms with Crippen molar-refractivity contribution in [2.75, 3.05) is 25.0 Å². The summed E-state index contributed by atoms with van der Waals surface area (Å²) in [5.41, 5.74) is 5.27. The smallest absolute Gasteiger partial charge is 0.254 e. The molecule has 1 unspecified atom stereocenters. The fraction of sp³-hybridized carbons (Fsp3) is 0.258. The zero-order chi connectivity index (χ0) is 27.4. The average molecular weight is 543 g/mol. The monoisotopic (exact) mass is 542 g/mol. The highest BCUT2D eigenvalue weighted by molar-refractivity contribution is 6.30. The van der Waals surface area contributed by atoms with E-state index in [9.17, 15) is 9.59 Å². The first kappa shape index (κ1) is 26.7. The molecule has 1 N–H and O–H groups in total. The Kier molecular flexibility index (Phi) is 8.10. The summed E-state index contributed by atoms with van der Waals surface area (Å²) >= 11 is 6.09. The SMILES string of the molecule is Cc1ccc(-n2cc(-c3ccc(Cl)cc3)nc2NC(=O)CN(CC2CCCO2)C(=O)c2ccccc2)cc1C. The van der Waals surface area contributed by atoms with Crippen molar-refractivity contribution in [3.8, 4) is 16.9 Å². The van der Waals surface area contributed by atoms with E-state index in [-0.39, 0.29) is 24.5 Å². The zero-order valence-corrected chi connectivity index (χ0v) is 22.8. The maximum Gasteiger partial charge on any atom is 0.254 e. The van der Waals surface area contributed by atoms with Crippen LogP contribution in [0, 0.1) is 13.8 Å². The molecule has 0 radical (unpaired) electrons. The predicted octanol–water partition coefficient (Wildman–Crippen LogP) is 6.07. The van der Waals surface area contributed by atoms with Gasteiger partial charge in [-0.05, 0) is 74.2 Å². The van der Waals surface area contributed by atoms with E-state index in [1.807, 2.05) is 72.3 Å². The van der Waals surface area contributed by atoms with Crippen molar-refractivity contribution in [3.63, 3.8) is 0 Å². The number of rotatable bonds is 8. The summed E-state index contributed by atoms with van der Waals surface area (Å²) in [6.45, 7) is 5.01. The second-order valence-electron chi connectivity index (χ2n) is 9.83. The van der Waals surface area contributed by atoms with E-state index < -0.39 is 0 Å². The number of anilines is 1. The largest absolute Gasteiger partial charge is 0.376 e. The number of imidazole rings is 1. The van der Waals surface area contributed by atoms with E-state index in [1.54, 1.807) is 17.0 Å². The van der Waals surface area contributed by atoms with Crippen LogP contribution in [0.25, 0.3) is 16.9 Å². The molecule has 1 saturated heterocycles. The minimum Gasteiger partial charge on any atom is -0.376 e. The lowest BCUT2D eigenvalue weighted by Crippen LogP contribution is -2.42. The minimum absolute atomic E-state index is 0.0838. The Morgan fingerprint density at radius 1 is 1.05 bits per heavy atom. The van der Waals surface area contributed by atoms with Crippen LogP contribution in [0.2, 0.25) is 5.02 Å². The Bertz CT molecular complexity index is 1460. The highest BCUT2D eigenvalue weighted by Gasteiger charge is 2.26. The van der Waals surface area contributed by atoms with E-state index in [1.165, 1.54) is 5.56 Å². The number of halogens is 1. The number of hydrogen-bond donors (Lipinski definition) is 1.